The lowest BCUT2D eigenvalue weighted by molar-refractivity contribution is -0.113. The minimum Gasteiger partial charge on any atom is -0.316 e. The van der Waals surface area contributed by atoms with Gasteiger partial charge in [-0.2, -0.15) is 10.5 Å². The monoisotopic (exact) mass is 450 g/mol. The molecule has 4 rings (SSSR count). The molecule has 0 saturated carbocycles. The number of aromatic nitrogens is 1. The molecule has 0 saturated heterocycles. The molecule has 1 N–H and O–H groups in total. The second-order valence-corrected chi connectivity index (χ2v) is 11.4. The summed E-state index contributed by atoms with van der Waals surface area (Å²) >= 11 is 2.84. The Hall–Kier alpha value is -2.35. The molecule has 1 atom stereocenters. The predicted octanol–water partition coefficient (Wildman–Crippen LogP) is 5.26. The Morgan fingerprint density at radius 1 is 1.29 bits per heavy atom. The number of hydrogen-bond donors (Lipinski definition) is 1. The summed E-state index contributed by atoms with van der Waals surface area (Å²) in [5.41, 5.74) is 4.71. The smallest absolute Gasteiger partial charge is 0.235 e. The van der Waals surface area contributed by atoms with Crippen LogP contribution in [0.15, 0.2) is 11.1 Å². The molecule has 0 radical (unpaired) electrons. The Morgan fingerprint density at radius 2 is 2.10 bits per heavy atom. The van der Waals surface area contributed by atoms with Gasteiger partial charge >= 0.3 is 0 Å². The van der Waals surface area contributed by atoms with Crippen LogP contribution < -0.4 is 5.32 Å². The van der Waals surface area contributed by atoms with E-state index in [4.69, 9.17) is 0 Å². The van der Waals surface area contributed by atoms with E-state index in [1.165, 1.54) is 16.6 Å². The van der Waals surface area contributed by atoms with Crippen LogP contribution in [0.25, 0.3) is 0 Å². The number of anilines is 1. The maximum atomic E-state index is 12.7. The molecule has 2 aliphatic carbocycles. The molecule has 2 aromatic rings. The number of fused-ring (bicyclic) bond motifs is 2. The molecule has 31 heavy (non-hydrogen) atoms. The number of rotatable bonds is 4. The summed E-state index contributed by atoms with van der Waals surface area (Å²) in [6.45, 7) is 6.80. The number of aryl methyl sites for hydroxylation is 2. The number of thioether (sulfide) groups is 1. The van der Waals surface area contributed by atoms with E-state index in [0.29, 0.717) is 27.1 Å². The summed E-state index contributed by atoms with van der Waals surface area (Å²) in [4.78, 5) is 18.5. The zero-order valence-electron chi connectivity index (χ0n) is 18.2. The van der Waals surface area contributed by atoms with Crippen LogP contribution in [0, 0.1) is 34.0 Å². The van der Waals surface area contributed by atoms with Gasteiger partial charge in [0.25, 0.3) is 0 Å². The van der Waals surface area contributed by atoms with Gasteiger partial charge in [-0.1, -0.05) is 32.5 Å². The molecule has 5 nitrogen and oxygen atoms in total. The van der Waals surface area contributed by atoms with Crippen molar-refractivity contribution in [2.45, 2.75) is 64.3 Å². The predicted molar refractivity (Wildman–Crippen MR) is 124 cm³/mol. The highest BCUT2D eigenvalue weighted by atomic mass is 32.2. The molecule has 1 amide bonds. The zero-order valence-corrected chi connectivity index (χ0v) is 19.8. The number of nitrogens with one attached hydrogen (secondary N) is 1. The van der Waals surface area contributed by atoms with E-state index in [1.807, 2.05) is 6.07 Å². The van der Waals surface area contributed by atoms with E-state index >= 15 is 0 Å². The first-order valence-electron chi connectivity index (χ1n) is 10.7. The maximum absolute atomic E-state index is 12.7. The Balaban J connectivity index is 1.46. The lowest BCUT2D eigenvalue weighted by Crippen LogP contribution is -2.26. The molecule has 2 heterocycles. The van der Waals surface area contributed by atoms with Crippen molar-refractivity contribution in [3.8, 4) is 12.1 Å². The molecule has 0 bridgehead atoms. The van der Waals surface area contributed by atoms with Crippen LogP contribution in [0.3, 0.4) is 0 Å². The van der Waals surface area contributed by atoms with Gasteiger partial charge in [0.15, 0.2) is 0 Å². The molecule has 0 aliphatic heterocycles. The summed E-state index contributed by atoms with van der Waals surface area (Å²) in [5.74, 6) is 0.580. The number of carbonyl (C=O) groups is 1. The molecule has 7 heteroatoms. The van der Waals surface area contributed by atoms with Crippen molar-refractivity contribution in [3.05, 3.63) is 38.9 Å². The van der Waals surface area contributed by atoms with E-state index in [9.17, 15) is 15.3 Å². The molecule has 2 aliphatic rings. The Kier molecular flexibility index (Phi) is 6.10. The standard InChI is InChI=1S/C24H26N4OS2/c1-24(2,3)16-7-8-17-18(12-26)23(31-20(17)10-16)28-21(29)13-30-22-15(11-25)9-14-5-4-6-19(14)27-22/h9,16H,4-8,10,13H2,1-3H3,(H,28,29)/t16-/m0/s1. The van der Waals surface area contributed by atoms with Gasteiger partial charge in [-0.15, -0.1) is 11.3 Å². The summed E-state index contributed by atoms with van der Waals surface area (Å²) in [6, 6.07) is 6.45. The van der Waals surface area contributed by atoms with Gasteiger partial charge in [0, 0.05) is 10.6 Å². The van der Waals surface area contributed by atoms with Crippen LogP contribution in [0.4, 0.5) is 5.00 Å². The molecule has 0 fully saturated rings. The van der Waals surface area contributed by atoms with Crippen molar-refractivity contribution < 1.29 is 4.79 Å². The van der Waals surface area contributed by atoms with Crippen molar-refractivity contribution >= 4 is 34.0 Å². The SMILES string of the molecule is CC(C)(C)[C@H]1CCc2c(sc(NC(=O)CSc3nc4c(cc3C#N)CCC4)c2C#N)C1. The Labute approximate surface area is 191 Å². The number of hydrogen-bond acceptors (Lipinski definition) is 6. The fraction of sp³-hybridized carbons (Fsp3) is 0.500. The number of amides is 1. The van der Waals surface area contributed by atoms with Gasteiger partial charge < -0.3 is 5.32 Å². The maximum Gasteiger partial charge on any atom is 0.235 e. The highest BCUT2D eigenvalue weighted by Gasteiger charge is 2.32. The first-order chi connectivity index (χ1) is 14.8. The largest absolute Gasteiger partial charge is 0.316 e. The number of carbonyl (C=O) groups excluding carboxylic acids is 1. The van der Waals surface area contributed by atoms with E-state index in [2.05, 4.69) is 43.2 Å². The molecule has 160 valence electrons. The third kappa shape index (κ3) is 4.49. The summed E-state index contributed by atoms with van der Waals surface area (Å²) < 4.78 is 0. The van der Waals surface area contributed by atoms with Gasteiger partial charge in [0.1, 0.15) is 22.2 Å². The van der Waals surface area contributed by atoms with Crippen molar-refractivity contribution in [1.82, 2.24) is 4.98 Å². The second kappa shape index (κ2) is 8.65. The second-order valence-electron chi connectivity index (χ2n) is 9.37. The van der Waals surface area contributed by atoms with Crippen LogP contribution >= 0.6 is 23.1 Å². The molecule has 0 spiro atoms. The molecular formula is C24H26N4OS2. The van der Waals surface area contributed by atoms with Crippen LogP contribution in [0.1, 0.15) is 66.4 Å². The van der Waals surface area contributed by atoms with E-state index in [0.717, 1.165) is 55.3 Å². The van der Waals surface area contributed by atoms with Crippen LogP contribution in [-0.4, -0.2) is 16.6 Å². The number of nitrogens with zero attached hydrogens (tertiary/aromatic N) is 3. The van der Waals surface area contributed by atoms with Crippen LogP contribution in [0.2, 0.25) is 0 Å². The van der Waals surface area contributed by atoms with Gasteiger partial charge in [0.05, 0.1) is 16.9 Å². The number of nitriles is 2. The number of thiophene rings is 1. The average molecular weight is 451 g/mol. The first kappa shape index (κ1) is 21.9. The fourth-order valence-corrected chi connectivity index (χ4v) is 6.54. The minimum absolute atomic E-state index is 0.165. The van der Waals surface area contributed by atoms with Gasteiger partial charge in [-0.25, -0.2) is 4.98 Å². The number of pyridine rings is 1. The lowest BCUT2D eigenvalue weighted by Gasteiger charge is -2.33. The third-order valence-electron chi connectivity index (χ3n) is 6.33. The normalized spacial score (nSPS) is 17.4. The first-order valence-corrected chi connectivity index (χ1v) is 12.5. The van der Waals surface area contributed by atoms with E-state index in [1.54, 1.807) is 11.3 Å². The lowest BCUT2D eigenvalue weighted by atomic mass is 9.72. The summed E-state index contributed by atoms with van der Waals surface area (Å²) in [6.07, 6.45) is 5.91. The zero-order chi connectivity index (χ0) is 22.2. The van der Waals surface area contributed by atoms with E-state index < -0.39 is 0 Å². The molecule has 0 aromatic carbocycles. The average Bonchev–Trinajstić information content (AvgIpc) is 3.33. The van der Waals surface area contributed by atoms with Gasteiger partial charge in [-0.3, -0.25) is 4.79 Å². The quantitative estimate of drug-likeness (QED) is 0.642. The van der Waals surface area contributed by atoms with Gasteiger partial charge in [-0.05, 0) is 67.1 Å². The van der Waals surface area contributed by atoms with E-state index in [-0.39, 0.29) is 17.1 Å². The fourth-order valence-electron chi connectivity index (χ4n) is 4.47. The van der Waals surface area contributed by atoms with Crippen LogP contribution in [-0.2, 0) is 30.5 Å². The minimum atomic E-state index is -0.168. The van der Waals surface area contributed by atoms with Crippen molar-refractivity contribution in [2.24, 2.45) is 11.3 Å². The highest BCUT2D eigenvalue weighted by Crippen LogP contribution is 2.44. The molecular weight excluding hydrogens is 424 g/mol. The summed E-state index contributed by atoms with van der Waals surface area (Å²) in [5, 5.41) is 23.4. The summed E-state index contributed by atoms with van der Waals surface area (Å²) in [7, 11) is 0. The molecule has 2 aromatic heterocycles. The van der Waals surface area contributed by atoms with Crippen molar-refractivity contribution in [2.75, 3.05) is 11.1 Å². The van der Waals surface area contributed by atoms with Gasteiger partial charge in [0.2, 0.25) is 5.91 Å². The highest BCUT2D eigenvalue weighted by molar-refractivity contribution is 8.00. The molecule has 0 unspecified atom stereocenters. The Bertz CT molecular complexity index is 1110. The van der Waals surface area contributed by atoms with Crippen molar-refractivity contribution in [1.29, 1.82) is 10.5 Å². The van der Waals surface area contributed by atoms with Crippen LogP contribution in [0.5, 0.6) is 0 Å². The Morgan fingerprint density at radius 3 is 2.81 bits per heavy atom. The van der Waals surface area contributed by atoms with Crippen molar-refractivity contribution in [3.63, 3.8) is 0 Å². The topological polar surface area (TPSA) is 89.6 Å². The third-order valence-corrected chi connectivity index (χ3v) is 8.49.